The topological polar surface area (TPSA) is 37.0 Å². The smallest absolute Gasteiger partial charge is 0.0896 e. The highest BCUT2D eigenvalue weighted by atomic mass is 15.7. The molecule has 0 aromatic heterocycles. The number of benzene rings is 1. The first-order valence-corrected chi connectivity index (χ1v) is 6.21. The second-order valence-corrected chi connectivity index (χ2v) is 4.77. The van der Waals surface area contributed by atoms with Crippen LogP contribution in [0, 0.1) is 5.92 Å². The Labute approximate surface area is 96.8 Å². The molecule has 0 saturated carbocycles. The number of hydrogen-bond donors (Lipinski definition) is 2. The normalized spacial score (nSPS) is 30.2. The Kier molecular flexibility index (Phi) is 2.91. The number of piperidine rings is 1. The van der Waals surface area contributed by atoms with E-state index in [1.807, 2.05) is 0 Å². The maximum absolute atomic E-state index is 3.49. The van der Waals surface area contributed by atoms with Gasteiger partial charge in [0, 0.05) is 6.54 Å². The van der Waals surface area contributed by atoms with Crippen molar-refractivity contribution < 1.29 is 0 Å². The van der Waals surface area contributed by atoms with Crippen molar-refractivity contribution in [2.24, 2.45) is 5.92 Å². The van der Waals surface area contributed by atoms with Crippen molar-refractivity contribution >= 4 is 0 Å². The molecule has 16 heavy (non-hydrogen) atoms. The summed E-state index contributed by atoms with van der Waals surface area (Å²) in [7, 11) is 0. The molecule has 0 bridgehead atoms. The minimum absolute atomic E-state index is 0.627. The molecule has 2 aliphatic rings. The molecular weight excluding hydrogens is 198 g/mol. The highest BCUT2D eigenvalue weighted by Crippen LogP contribution is 2.27. The molecule has 3 heteroatoms. The molecule has 2 fully saturated rings. The molecule has 0 aliphatic carbocycles. The number of hydrazine groups is 1. The summed E-state index contributed by atoms with van der Waals surface area (Å²) < 4.78 is 0. The summed E-state index contributed by atoms with van der Waals surface area (Å²) in [5.41, 5.74) is 4.89. The Bertz CT molecular complexity index is 332. The Morgan fingerprint density at radius 1 is 1.12 bits per heavy atom. The lowest BCUT2D eigenvalue weighted by molar-refractivity contribution is 0.321. The third kappa shape index (κ3) is 2.26. The predicted octanol–water partition coefficient (Wildman–Crippen LogP) is 1.33. The standard InChI is InChI=1S/C13H19N3/c1-2-4-11(5-3-1)10-16-13(15-16)12-6-8-14-9-7-12/h1-5,12-15H,6-10H2. The average molecular weight is 217 g/mol. The van der Waals surface area contributed by atoms with Crippen molar-refractivity contribution in [3.05, 3.63) is 35.9 Å². The first-order chi connectivity index (χ1) is 7.93. The van der Waals surface area contributed by atoms with Gasteiger partial charge in [-0.15, -0.1) is 0 Å². The minimum atomic E-state index is 0.627. The molecule has 2 saturated heterocycles. The van der Waals surface area contributed by atoms with E-state index in [0.29, 0.717) is 6.17 Å². The lowest BCUT2D eigenvalue weighted by Crippen LogP contribution is -2.31. The van der Waals surface area contributed by atoms with Crippen molar-refractivity contribution in [3.63, 3.8) is 0 Å². The number of nitrogens with zero attached hydrogens (tertiary/aromatic N) is 1. The van der Waals surface area contributed by atoms with Crippen LogP contribution in [-0.2, 0) is 6.54 Å². The molecule has 2 N–H and O–H groups in total. The summed E-state index contributed by atoms with van der Waals surface area (Å²) in [6.45, 7) is 3.40. The molecule has 2 atom stereocenters. The van der Waals surface area contributed by atoms with Gasteiger partial charge in [0.05, 0.1) is 6.17 Å². The van der Waals surface area contributed by atoms with E-state index in [2.05, 4.69) is 46.1 Å². The number of nitrogens with one attached hydrogen (secondary N) is 2. The molecule has 1 aromatic rings. The van der Waals surface area contributed by atoms with Gasteiger partial charge >= 0.3 is 0 Å². The van der Waals surface area contributed by atoms with E-state index in [-0.39, 0.29) is 0 Å². The molecule has 2 heterocycles. The average Bonchev–Trinajstić information content (AvgIpc) is 3.11. The van der Waals surface area contributed by atoms with Crippen molar-refractivity contribution in [1.82, 2.24) is 15.8 Å². The molecule has 86 valence electrons. The van der Waals surface area contributed by atoms with Crippen molar-refractivity contribution in [1.29, 1.82) is 0 Å². The third-order valence-electron chi connectivity index (χ3n) is 3.59. The SMILES string of the molecule is c1ccc(CN2NC2C2CCNCC2)cc1. The maximum atomic E-state index is 3.49. The van der Waals surface area contributed by atoms with Gasteiger partial charge in [-0.3, -0.25) is 0 Å². The van der Waals surface area contributed by atoms with E-state index in [4.69, 9.17) is 0 Å². The van der Waals surface area contributed by atoms with Crippen LogP contribution in [0.25, 0.3) is 0 Å². The predicted molar refractivity (Wildman–Crippen MR) is 64.5 cm³/mol. The molecule has 0 radical (unpaired) electrons. The molecule has 1 aromatic carbocycles. The van der Waals surface area contributed by atoms with Crippen molar-refractivity contribution in [2.45, 2.75) is 25.6 Å². The van der Waals surface area contributed by atoms with Crippen LogP contribution in [0.2, 0.25) is 0 Å². The Hall–Kier alpha value is -0.900. The van der Waals surface area contributed by atoms with Gasteiger partial charge in [-0.05, 0) is 37.4 Å². The van der Waals surface area contributed by atoms with Crippen LogP contribution in [0.3, 0.4) is 0 Å². The number of rotatable bonds is 3. The molecule has 0 amide bonds. The van der Waals surface area contributed by atoms with Gasteiger partial charge in [0.25, 0.3) is 0 Å². The van der Waals surface area contributed by atoms with E-state index in [1.165, 1.54) is 31.5 Å². The van der Waals surface area contributed by atoms with Gasteiger partial charge in [0.15, 0.2) is 0 Å². The molecular formula is C13H19N3. The third-order valence-corrected chi connectivity index (χ3v) is 3.59. The Balaban J connectivity index is 1.52. The fourth-order valence-electron chi connectivity index (χ4n) is 2.58. The van der Waals surface area contributed by atoms with Gasteiger partial charge in [-0.2, -0.15) is 0 Å². The second-order valence-electron chi connectivity index (χ2n) is 4.77. The van der Waals surface area contributed by atoms with E-state index < -0.39 is 0 Å². The van der Waals surface area contributed by atoms with Gasteiger partial charge in [-0.25, -0.2) is 10.4 Å². The summed E-state index contributed by atoms with van der Waals surface area (Å²) in [5, 5.41) is 5.78. The maximum Gasteiger partial charge on any atom is 0.0896 e. The summed E-state index contributed by atoms with van der Waals surface area (Å²) >= 11 is 0. The summed E-state index contributed by atoms with van der Waals surface area (Å²) in [6.07, 6.45) is 3.24. The summed E-state index contributed by atoms with van der Waals surface area (Å²) in [6, 6.07) is 10.7. The quantitative estimate of drug-likeness (QED) is 0.750. The van der Waals surface area contributed by atoms with Crippen molar-refractivity contribution in [2.75, 3.05) is 13.1 Å². The zero-order valence-electron chi connectivity index (χ0n) is 9.52. The van der Waals surface area contributed by atoms with Crippen LogP contribution in [0.1, 0.15) is 18.4 Å². The first-order valence-electron chi connectivity index (χ1n) is 6.21. The molecule has 2 aliphatic heterocycles. The lowest BCUT2D eigenvalue weighted by Gasteiger charge is -2.21. The van der Waals surface area contributed by atoms with Gasteiger partial charge in [0.1, 0.15) is 0 Å². The van der Waals surface area contributed by atoms with Crippen LogP contribution in [0.15, 0.2) is 30.3 Å². The van der Waals surface area contributed by atoms with Crippen LogP contribution in [-0.4, -0.2) is 24.3 Å². The Morgan fingerprint density at radius 2 is 1.88 bits per heavy atom. The largest absolute Gasteiger partial charge is 0.317 e. The van der Waals surface area contributed by atoms with E-state index in [9.17, 15) is 0 Å². The molecule has 2 unspecified atom stereocenters. The van der Waals surface area contributed by atoms with Gasteiger partial charge in [0.2, 0.25) is 0 Å². The zero-order chi connectivity index (χ0) is 10.8. The summed E-state index contributed by atoms with van der Waals surface area (Å²) in [5.74, 6) is 0.838. The summed E-state index contributed by atoms with van der Waals surface area (Å²) in [4.78, 5) is 0. The fraction of sp³-hybridized carbons (Fsp3) is 0.538. The fourth-order valence-corrected chi connectivity index (χ4v) is 2.58. The Morgan fingerprint density at radius 3 is 2.62 bits per heavy atom. The number of hydrogen-bond acceptors (Lipinski definition) is 3. The highest BCUT2D eigenvalue weighted by Gasteiger charge is 2.39. The van der Waals surface area contributed by atoms with Crippen LogP contribution < -0.4 is 10.7 Å². The molecule has 3 rings (SSSR count). The highest BCUT2D eigenvalue weighted by molar-refractivity contribution is 5.15. The van der Waals surface area contributed by atoms with Crippen molar-refractivity contribution in [3.8, 4) is 0 Å². The van der Waals surface area contributed by atoms with Gasteiger partial charge in [-0.1, -0.05) is 30.3 Å². The minimum Gasteiger partial charge on any atom is -0.317 e. The van der Waals surface area contributed by atoms with Crippen LogP contribution >= 0.6 is 0 Å². The van der Waals surface area contributed by atoms with Crippen LogP contribution in [0.4, 0.5) is 0 Å². The van der Waals surface area contributed by atoms with E-state index in [0.717, 1.165) is 12.5 Å². The second kappa shape index (κ2) is 4.53. The van der Waals surface area contributed by atoms with E-state index in [1.54, 1.807) is 0 Å². The first kappa shape index (κ1) is 10.3. The van der Waals surface area contributed by atoms with E-state index >= 15 is 0 Å². The zero-order valence-corrected chi connectivity index (χ0v) is 9.52. The molecule has 0 spiro atoms. The molecule has 3 nitrogen and oxygen atoms in total. The van der Waals surface area contributed by atoms with Crippen LogP contribution in [0.5, 0.6) is 0 Å². The monoisotopic (exact) mass is 217 g/mol. The van der Waals surface area contributed by atoms with Gasteiger partial charge < -0.3 is 5.32 Å². The lowest BCUT2D eigenvalue weighted by atomic mass is 9.97.